The number of imidazole rings is 1. The van der Waals surface area contributed by atoms with Crippen LogP contribution in [0.4, 0.5) is 0 Å². The van der Waals surface area contributed by atoms with Crippen LogP contribution in [0.5, 0.6) is 0 Å². The Kier molecular flexibility index (Phi) is 3.53. The fourth-order valence-corrected chi connectivity index (χ4v) is 3.59. The van der Waals surface area contributed by atoms with E-state index in [1.54, 1.807) is 0 Å². The Morgan fingerprint density at radius 1 is 1.32 bits per heavy atom. The van der Waals surface area contributed by atoms with Crippen molar-refractivity contribution >= 4 is 22.6 Å². The molecule has 1 saturated carbocycles. The number of fused-ring (bicyclic) bond motifs is 1. The lowest BCUT2D eigenvalue weighted by atomic mass is 9.85. The van der Waals surface area contributed by atoms with Crippen LogP contribution in [0.3, 0.4) is 0 Å². The van der Waals surface area contributed by atoms with Crippen LogP contribution in [-0.4, -0.2) is 9.55 Å². The summed E-state index contributed by atoms with van der Waals surface area (Å²) in [6, 6.07) is 7.06. The summed E-state index contributed by atoms with van der Waals surface area (Å²) in [5, 5.41) is 0. The third kappa shape index (κ3) is 2.27. The van der Waals surface area contributed by atoms with Gasteiger partial charge < -0.3 is 4.57 Å². The van der Waals surface area contributed by atoms with Gasteiger partial charge in [0.1, 0.15) is 5.82 Å². The number of rotatable bonds is 2. The van der Waals surface area contributed by atoms with E-state index >= 15 is 0 Å². The molecule has 0 bridgehead atoms. The second kappa shape index (κ2) is 5.16. The van der Waals surface area contributed by atoms with Gasteiger partial charge in [-0.2, -0.15) is 0 Å². The summed E-state index contributed by atoms with van der Waals surface area (Å²) >= 11 is 6.13. The second-order valence-corrected chi connectivity index (χ2v) is 6.12. The van der Waals surface area contributed by atoms with Crippen molar-refractivity contribution in [1.29, 1.82) is 0 Å². The highest BCUT2D eigenvalue weighted by Gasteiger charge is 2.26. The van der Waals surface area contributed by atoms with Crippen molar-refractivity contribution in [3.05, 3.63) is 29.6 Å². The summed E-state index contributed by atoms with van der Waals surface area (Å²) in [6.07, 6.45) is 5.25. The molecule has 0 spiro atoms. The number of nitrogens with zero attached hydrogens (tertiary/aromatic N) is 2. The van der Waals surface area contributed by atoms with Crippen molar-refractivity contribution in [1.82, 2.24) is 9.55 Å². The third-order valence-corrected chi connectivity index (χ3v) is 4.67. The van der Waals surface area contributed by atoms with Gasteiger partial charge in [0.25, 0.3) is 0 Å². The molecular formula is C16H21ClN2. The van der Waals surface area contributed by atoms with Crippen LogP contribution in [0.25, 0.3) is 11.0 Å². The number of aromatic nitrogens is 2. The van der Waals surface area contributed by atoms with Gasteiger partial charge in [-0.15, -0.1) is 11.6 Å². The molecule has 1 aromatic heterocycles. The SMILES string of the molecule is Cc1ccc2nc(CCl)n(C3CCCCC3C)c2c1. The van der Waals surface area contributed by atoms with E-state index in [0.717, 1.165) is 11.3 Å². The predicted octanol–water partition coefficient (Wildman–Crippen LogP) is 4.83. The number of benzene rings is 1. The fraction of sp³-hybridized carbons (Fsp3) is 0.562. The number of halogens is 1. The molecule has 102 valence electrons. The van der Waals surface area contributed by atoms with Gasteiger partial charge in [0, 0.05) is 6.04 Å². The maximum absolute atomic E-state index is 6.13. The van der Waals surface area contributed by atoms with E-state index in [1.165, 1.54) is 36.8 Å². The zero-order chi connectivity index (χ0) is 13.4. The van der Waals surface area contributed by atoms with Crippen LogP contribution in [-0.2, 0) is 5.88 Å². The van der Waals surface area contributed by atoms with E-state index in [4.69, 9.17) is 16.6 Å². The Morgan fingerprint density at radius 3 is 2.84 bits per heavy atom. The lowest BCUT2D eigenvalue weighted by Gasteiger charge is -2.31. The minimum atomic E-state index is 0.497. The maximum atomic E-state index is 6.13. The molecule has 0 aliphatic heterocycles. The van der Waals surface area contributed by atoms with Crippen molar-refractivity contribution in [3.8, 4) is 0 Å². The monoisotopic (exact) mass is 276 g/mol. The van der Waals surface area contributed by atoms with Gasteiger partial charge in [-0.1, -0.05) is 25.8 Å². The molecule has 2 aromatic rings. The van der Waals surface area contributed by atoms with Gasteiger partial charge in [0.2, 0.25) is 0 Å². The molecule has 0 saturated heterocycles. The predicted molar refractivity (Wildman–Crippen MR) is 80.7 cm³/mol. The Morgan fingerprint density at radius 2 is 2.11 bits per heavy atom. The topological polar surface area (TPSA) is 17.8 Å². The van der Waals surface area contributed by atoms with E-state index in [2.05, 4.69) is 36.6 Å². The van der Waals surface area contributed by atoms with Gasteiger partial charge in [-0.05, 0) is 43.4 Å². The lowest BCUT2D eigenvalue weighted by molar-refractivity contribution is 0.258. The molecular weight excluding hydrogens is 256 g/mol. The largest absolute Gasteiger partial charge is 0.324 e. The smallest absolute Gasteiger partial charge is 0.125 e. The molecule has 0 amide bonds. The van der Waals surface area contributed by atoms with E-state index in [0.29, 0.717) is 17.8 Å². The van der Waals surface area contributed by atoms with Gasteiger partial charge in [0.05, 0.1) is 16.9 Å². The molecule has 2 atom stereocenters. The van der Waals surface area contributed by atoms with Crippen LogP contribution in [0.15, 0.2) is 18.2 Å². The first-order chi connectivity index (χ1) is 9.20. The number of alkyl halides is 1. The number of aryl methyl sites for hydroxylation is 1. The highest BCUT2D eigenvalue weighted by Crippen LogP contribution is 2.37. The zero-order valence-corrected chi connectivity index (χ0v) is 12.5. The van der Waals surface area contributed by atoms with Crippen molar-refractivity contribution < 1.29 is 0 Å². The van der Waals surface area contributed by atoms with E-state index in [-0.39, 0.29) is 0 Å². The first-order valence-corrected chi connectivity index (χ1v) is 7.77. The molecule has 0 radical (unpaired) electrons. The molecule has 1 aromatic carbocycles. The average molecular weight is 277 g/mol. The molecule has 2 nitrogen and oxygen atoms in total. The Bertz CT molecular complexity index is 588. The third-order valence-electron chi connectivity index (χ3n) is 4.44. The Hall–Kier alpha value is -1.02. The molecule has 0 N–H and O–H groups in total. The van der Waals surface area contributed by atoms with E-state index in [9.17, 15) is 0 Å². The first kappa shape index (κ1) is 13.0. The lowest BCUT2D eigenvalue weighted by Crippen LogP contribution is -2.22. The fourth-order valence-electron chi connectivity index (χ4n) is 3.40. The standard InChI is InChI=1S/C16H21ClN2/c1-11-7-8-13-15(9-11)19(16(10-17)18-13)14-6-4-3-5-12(14)2/h7-9,12,14H,3-6,10H2,1-2H3. The van der Waals surface area contributed by atoms with Crippen molar-refractivity contribution in [3.63, 3.8) is 0 Å². The average Bonchev–Trinajstić information content (AvgIpc) is 2.77. The van der Waals surface area contributed by atoms with Gasteiger partial charge >= 0.3 is 0 Å². The molecule has 1 aliphatic rings. The van der Waals surface area contributed by atoms with Gasteiger partial charge in [-0.3, -0.25) is 0 Å². The summed E-state index contributed by atoms with van der Waals surface area (Å²) in [7, 11) is 0. The van der Waals surface area contributed by atoms with Crippen LogP contribution < -0.4 is 0 Å². The molecule has 3 rings (SSSR count). The van der Waals surface area contributed by atoms with Crippen molar-refractivity contribution in [2.75, 3.05) is 0 Å². The first-order valence-electron chi connectivity index (χ1n) is 7.24. The molecule has 2 unspecified atom stereocenters. The number of hydrogen-bond donors (Lipinski definition) is 0. The highest BCUT2D eigenvalue weighted by molar-refractivity contribution is 6.16. The molecule has 1 heterocycles. The highest BCUT2D eigenvalue weighted by atomic mass is 35.5. The Labute approximate surface area is 119 Å². The number of hydrogen-bond acceptors (Lipinski definition) is 1. The minimum absolute atomic E-state index is 0.497. The normalized spacial score (nSPS) is 23.9. The Balaban J connectivity index is 2.16. The summed E-state index contributed by atoms with van der Waals surface area (Å²) in [6.45, 7) is 4.50. The molecule has 3 heteroatoms. The van der Waals surface area contributed by atoms with Crippen LogP contribution in [0.1, 0.15) is 50.0 Å². The summed E-state index contributed by atoms with van der Waals surface area (Å²) in [5.41, 5.74) is 3.63. The zero-order valence-electron chi connectivity index (χ0n) is 11.7. The van der Waals surface area contributed by atoms with Gasteiger partial charge in [-0.25, -0.2) is 4.98 Å². The summed E-state index contributed by atoms with van der Waals surface area (Å²) in [4.78, 5) is 4.71. The van der Waals surface area contributed by atoms with Crippen molar-refractivity contribution in [2.24, 2.45) is 5.92 Å². The van der Waals surface area contributed by atoms with Crippen molar-refractivity contribution in [2.45, 2.75) is 51.5 Å². The van der Waals surface area contributed by atoms with Crippen LogP contribution >= 0.6 is 11.6 Å². The molecule has 1 aliphatic carbocycles. The van der Waals surface area contributed by atoms with Crippen LogP contribution in [0.2, 0.25) is 0 Å². The quantitative estimate of drug-likeness (QED) is 0.718. The van der Waals surface area contributed by atoms with E-state index < -0.39 is 0 Å². The molecule has 1 fully saturated rings. The maximum Gasteiger partial charge on any atom is 0.125 e. The van der Waals surface area contributed by atoms with E-state index in [1.807, 2.05) is 0 Å². The summed E-state index contributed by atoms with van der Waals surface area (Å²) < 4.78 is 2.42. The minimum Gasteiger partial charge on any atom is -0.324 e. The molecule has 19 heavy (non-hydrogen) atoms. The van der Waals surface area contributed by atoms with Crippen LogP contribution in [0, 0.1) is 12.8 Å². The summed E-state index contributed by atoms with van der Waals surface area (Å²) in [5.74, 6) is 2.24. The second-order valence-electron chi connectivity index (χ2n) is 5.85. The van der Waals surface area contributed by atoms with Gasteiger partial charge in [0.15, 0.2) is 0 Å².